The van der Waals surface area contributed by atoms with E-state index in [9.17, 15) is 4.79 Å². The fourth-order valence-electron chi connectivity index (χ4n) is 4.50. The summed E-state index contributed by atoms with van der Waals surface area (Å²) < 4.78 is 23.9. The number of ether oxygens (including phenoxy) is 1. The number of cyclic esters (lactones) is 1. The van der Waals surface area contributed by atoms with Gasteiger partial charge in [0.1, 0.15) is 11.9 Å². The number of aromatic nitrogens is 6. The van der Waals surface area contributed by atoms with E-state index in [4.69, 9.17) is 9.57 Å². The molecule has 2 aromatic heterocycles. The molecule has 1 unspecified atom stereocenters. The van der Waals surface area contributed by atoms with E-state index in [1.807, 2.05) is 31.2 Å². The molecule has 12 heteroatoms. The number of hydrogen-bond acceptors (Lipinski definition) is 8. The Hall–Kier alpha value is -4.61. The van der Waals surface area contributed by atoms with Gasteiger partial charge < -0.3 is 9.57 Å². The van der Waals surface area contributed by atoms with Gasteiger partial charge in [0.15, 0.2) is 6.10 Å². The maximum Gasteiger partial charge on any atom is 0.414 e. The molecule has 37 heavy (non-hydrogen) atoms. The first-order chi connectivity index (χ1) is 18.0. The van der Waals surface area contributed by atoms with Gasteiger partial charge in [-0.3, -0.25) is 4.90 Å². The van der Waals surface area contributed by atoms with Gasteiger partial charge in [-0.05, 0) is 36.2 Å². The minimum atomic E-state index is -0.514. The lowest BCUT2D eigenvalue weighted by atomic mass is 9.99. The minimum Gasteiger partial charge on any atom is -0.442 e. The average molecular weight is 503 g/mol. The molecule has 0 aliphatic carbocycles. The van der Waals surface area contributed by atoms with E-state index in [1.165, 1.54) is 11.0 Å². The molecule has 1 saturated heterocycles. The van der Waals surface area contributed by atoms with Crippen molar-refractivity contribution in [1.82, 2.24) is 30.0 Å². The molecule has 0 bridgehead atoms. The van der Waals surface area contributed by atoms with Crippen LogP contribution in [0.5, 0.6) is 0 Å². The summed E-state index contributed by atoms with van der Waals surface area (Å²) in [4.78, 5) is 19.4. The maximum absolute atomic E-state index is 15.1. The number of carbonyl (C=O) groups excluding carboxylic acids is 1. The molecule has 2 aliphatic rings. The largest absolute Gasteiger partial charge is 0.442 e. The fraction of sp³-hybridized carbons (Fsp3) is 0.280. The van der Waals surface area contributed by atoms with Crippen LogP contribution in [-0.4, -0.2) is 60.5 Å². The van der Waals surface area contributed by atoms with Gasteiger partial charge in [-0.2, -0.15) is 0 Å². The van der Waals surface area contributed by atoms with Crippen LogP contribution in [0.15, 0.2) is 66.2 Å². The first kappa shape index (κ1) is 22.8. The second-order valence-electron chi connectivity index (χ2n) is 9.03. The van der Waals surface area contributed by atoms with Crippen molar-refractivity contribution in [2.45, 2.75) is 38.6 Å². The molecular weight excluding hydrogens is 479 g/mol. The Labute approximate surface area is 211 Å². The zero-order valence-electron chi connectivity index (χ0n) is 19.9. The SMILES string of the molecule is Cc1cn(C[C@H]2CN(c3ccc(-c4ccc(C5=NOC(Cn6ccnn6)C5)cc4)c(F)c3)C(=O)O2)nn1. The third kappa shape index (κ3) is 4.77. The number of nitrogens with zero attached hydrogens (tertiary/aromatic N) is 8. The number of carbonyl (C=O) groups is 1. The van der Waals surface area contributed by atoms with Gasteiger partial charge in [-0.25, -0.2) is 18.5 Å². The predicted octanol–water partition coefficient (Wildman–Crippen LogP) is 3.20. The van der Waals surface area contributed by atoms with Crippen LogP contribution in [0.1, 0.15) is 17.7 Å². The number of hydrogen-bond donors (Lipinski definition) is 0. The van der Waals surface area contributed by atoms with Gasteiger partial charge >= 0.3 is 6.09 Å². The van der Waals surface area contributed by atoms with Gasteiger partial charge in [0.25, 0.3) is 0 Å². The number of anilines is 1. The van der Waals surface area contributed by atoms with E-state index in [-0.39, 0.29) is 6.10 Å². The minimum absolute atomic E-state index is 0.112. The standard InChI is InChI=1S/C25H23FN8O3/c1-16-12-33(31-28-16)14-21-15-34(25(35)36-21)19-6-7-22(23(26)10-19)17-2-4-18(5-3-17)24-11-20(37-29-24)13-32-9-8-27-30-32/h2-10,12,20-21H,11,13-15H2,1H3/t20?,21-/m0/s1. The number of halogens is 1. The number of oxime groups is 1. The fourth-order valence-corrected chi connectivity index (χ4v) is 4.50. The molecule has 1 fully saturated rings. The average Bonchev–Trinajstić information content (AvgIpc) is 3.70. The molecule has 2 aromatic carbocycles. The third-order valence-electron chi connectivity index (χ3n) is 6.31. The summed E-state index contributed by atoms with van der Waals surface area (Å²) in [6.45, 7) is 3.08. The lowest BCUT2D eigenvalue weighted by Crippen LogP contribution is -2.26. The Morgan fingerprint density at radius 3 is 2.57 bits per heavy atom. The monoisotopic (exact) mass is 502 g/mol. The highest BCUT2D eigenvalue weighted by Crippen LogP contribution is 2.30. The van der Waals surface area contributed by atoms with Crippen molar-refractivity contribution in [2.24, 2.45) is 5.16 Å². The van der Waals surface area contributed by atoms with Crippen molar-refractivity contribution < 1.29 is 18.8 Å². The molecule has 2 aliphatic heterocycles. The third-order valence-corrected chi connectivity index (χ3v) is 6.31. The molecule has 0 radical (unpaired) electrons. The van der Waals surface area contributed by atoms with Crippen molar-refractivity contribution >= 4 is 17.5 Å². The second-order valence-corrected chi connectivity index (χ2v) is 9.03. The van der Waals surface area contributed by atoms with Gasteiger partial charge in [-0.15, -0.1) is 10.2 Å². The Bertz CT molecular complexity index is 1450. The van der Waals surface area contributed by atoms with E-state index in [0.717, 1.165) is 22.5 Å². The van der Waals surface area contributed by atoms with E-state index in [2.05, 4.69) is 25.8 Å². The van der Waals surface area contributed by atoms with E-state index in [1.54, 1.807) is 40.1 Å². The first-order valence-electron chi connectivity index (χ1n) is 11.8. The Morgan fingerprint density at radius 2 is 1.84 bits per heavy atom. The Kier molecular flexibility index (Phi) is 5.83. The summed E-state index contributed by atoms with van der Waals surface area (Å²) in [5.74, 6) is -0.428. The molecule has 11 nitrogen and oxygen atoms in total. The zero-order valence-corrected chi connectivity index (χ0v) is 19.9. The quantitative estimate of drug-likeness (QED) is 0.381. The highest BCUT2D eigenvalue weighted by atomic mass is 19.1. The molecule has 6 rings (SSSR count). The molecule has 2 atom stereocenters. The van der Waals surface area contributed by atoms with Crippen LogP contribution in [0, 0.1) is 12.7 Å². The maximum atomic E-state index is 15.1. The van der Waals surface area contributed by atoms with Gasteiger partial charge in [-0.1, -0.05) is 39.8 Å². The van der Waals surface area contributed by atoms with Gasteiger partial charge in [0, 0.05) is 24.4 Å². The van der Waals surface area contributed by atoms with E-state index in [0.29, 0.717) is 37.3 Å². The summed E-state index contributed by atoms with van der Waals surface area (Å²) in [5.41, 5.74) is 4.12. The van der Waals surface area contributed by atoms with Gasteiger partial charge in [0.05, 0.1) is 42.9 Å². The van der Waals surface area contributed by atoms with Crippen molar-refractivity contribution in [3.63, 3.8) is 0 Å². The lowest BCUT2D eigenvalue weighted by Gasteiger charge is -2.14. The van der Waals surface area contributed by atoms with E-state index >= 15 is 4.39 Å². The molecule has 0 N–H and O–H groups in total. The molecule has 4 heterocycles. The molecule has 0 spiro atoms. The number of amides is 1. The van der Waals surface area contributed by atoms with E-state index < -0.39 is 18.0 Å². The first-order valence-corrected chi connectivity index (χ1v) is 11.8. The highest BCUT2D eigenvalue weighted by molar-refractivity contribution is 6.01. The van der Waals surface area contributed by atoms with Crippen molar-refractivity contribution in [2.75, 3.05) is 11.4 Å². The number of aryl methyl sites for hydroxylation is 1. The van der Waals surface area contributed by atoms with Crippen LogP contribution in [0.25, 0.3) is 11.1 Å². The molecule has 0 saturated carbocycles. The molecule has 188 valence electrons. The van der Waals surface area contributed by atoms with Crippen LogP contribution < -0.4 is 4.90 Å². The summed E-state index contributed by atoms with van der Waals surface area (Å²) >= 11 is 0. The summed E-state index contributed by atoms with van der Waals surface area (Å²) in [5, 5.41) is 19.9. The zero-order chi connectivity index (χ0) is 25.4. The highest BCUT2D eigenvalue weighted by Gasteiger charge is 2.33. The molecular formula is C25H23FN8O3. The second kappa shape index (κ2) is 9.45. The Morgan fingerprint density at radius 1 is 1.03 bits per heavy atom. The summed E-state index contributed by atoms with van der Waals surface area (Å²) in [7, 11) is 0. The number of rotatable bonds is 7. The van der Waals surface area contributed by atoms with Crippen LogP contribution in [0.4, 0.5) is 14.9 Å². The van der Waals surface area contributed by atoms with Crippen LogP contribution >= 0.6 is 0 Å². The van der Waals surface area contributed by atoms with Crippen LogP contribution in [-0.2, 0) is 22.7 Å². The number of benzene rings is 2. The topological polar surface area (TPSA) is 113 Å². The molecule has 1 amide bonds. The van der Waals surface area contributed by atoms with Crippen molar-refractivity contribution in [3.8, 4) is 11.1 Å². The van der Waals surface area contributed by atoms with Crippen molar-refractivity contribution in [3.05, 3.63) is 78.1 Å². The predicted molar refractivity (Wildman–Crippen MR) is 130 cm³/mol. The van der Waals surface area contributed by atoms with Crippen LogP contribution in [0.3, 0.4) is 0 Å². The Balaban J connectivity index is 1.11. The summed E-state index contributed by atoms with van der Waals surface area (Å²) in [6, 6.07) is 12.2. The lowest BCUT2D eigenvalue weighted by molar-refractivity contribution is 0.0693. The normalized spacial score (nSPS) is 19.1. The summed E-state index contributed by atoms with van der Waals surface area (Å²) in [6.07, 6.45) is 4.79. The van der Waals surface area contributed by atoms with Crippen molar-refractivity contribution in [1.29, 1.82) is 0 Å². The van der Waals surface area contributed by atoms with Crippen LogP contribution in [0.2, 0.25) is 0 Å². The smallest absolute Gasteiger partial charge is 0.414 e. The molecule has 4 aromatic rings. The van der Waals surface area contributed by atoms with Gasteiger partial charge in [0.2, 0.25) is 0 Å².